The van der Waals surface area contributed by atoms with Crippen LogP contribution in [0.15, 0.2) is 36.8 Å². The predicted octanol–water partition coefficient (Wildman–Crippen LogP) is 3.19. The van der Waals surface area contributed by atoms with Crippen molar-refractivity contribution in [2.45, 2.75) is 26.8 Å². The van der Waals surface area contributed by atoms with E-state index in [-0.39, 0.29) is 0 Å². The molecule has 0 saturated carbocycles. The molecule has 2 aromatic rings. The highest BCUT2D eigenvalue weighted by Crippen LogP contribution is 2.26. The molecule has 0 aliphatic carbocycles. The summed E-state index contributed by atoms with van der Waals surface area (Å²) in [5.41, 5.74) is 3.11. The van der Waals surface area contributed by atoms with Crippen LogP contribution in [0.1, 0.15) is 24.6 Å². The van der Waals surface area contributed by atoms with Gasteiger partial charge < -0.3 is 10.1 Å². The van der Waals surface area contributed by atoms with Crippen LogP contribution in [0.2, 0.25) is 0 Å². The summed E-state index contributed by atoms with van der Waals surface area (Å²) in [4.78, 5) is 8.30. The molecule has 4 heteroatoms. The number of benzene rings is 1. The van der Waals surface area contributed by atoms with Gasteiger partial charge in [-0.25, -0.2) is 0 Å². The Labute approximate surface area is 113 Å². The van der Waals surface area contributed by atoms with Crippen LogP contribution in [-0.4, -0.2) is 16.6 Å². The summed E-state index contributed by atoms with van der Waals surface area (Å²) in [5.74, 6) is 0.886. The van der Waals surface area contributed by atoms with Gasteiger partial charge in [-0.3, -0.25) is 9.97 Å². The Morgan fingerprint density at radius 2 is 2.16 bits per heavy atom. The van der Waals surface area contributed by atoms with Crippen LogP contribution in [0.5, 0.6) is 5.75 Å². The maximum Gasteiger partial charge on any atom is 0.142 e. The van der Waals surface area contributed by atoms with E-state index in [0.717, 1.165) is 30.2 Å². The van der Waals surface area contributed by atoms with Crippen LogP contribution in [0.25, 0.3) is 0 Å². The van der Waals surface area contributed by atoms with Crippen molar-refractivity contribution in [3.05, 3.63) is 48.0 Å². The molecule has 1 aromatic heterocycles. The van der Waals surface area contributed by atoms with Crippen LogP contribution in [-0.2, 0) is 6.54 Å². The van der Waals surface area contributed by atoms with E-state index in [1.807, 2.05) is 6.07 Å². The van der Waals surface area contributed by atoms with Crippen molar-refractivity contribution in [1.82, 2.24) is 9.97 Å². The number of nitrogens with zero attached hydrogens (tertiary/aromatic N) is 2. The number of ether oxygens (including phenoxy) is 1. The lowest BCUT2D eigenvalue weighted by molar-refractivity contribution is 0.318. The molecule has 0 saturated heterocycles. The standard InChI is InChI=1S/C15H19N3O/c1-3-8-19-15-5-4-12(2)9-14(15)18-11-13-10-16-6-7-17-13/h4-7,9-10,18H,3,8,11H2,1-2H3. The minimum Gasteiger partial charge on any atom is -0.491 e. The molecule has 0 unspecified atom stereocenters. The third kappa shape index (κ3) is 3.95. The van der Waals surface area contributed by atoms with Crippen LogP contribution >= 0.6 is 0 Å². The Hall–Kier alpha value is -2.10. The first-order chi connectivity index (χ1) is 9.29. The summed E-state index contributed by atoms with van der Waals surface area (Å²) >= 11 is 0. The fourth-order valence-electron chi connectivity index (χ4n) is 1.73. The van der Waals surface area contributed by atoms with Crippen LogP contribution < -0.4 is 10.1 Å². The van der Waals surface area contributed by atoms with E-state index in [0.29, 0.717) is 6.54 Å². The quantitative estimate of drug-likeness (QED) is 0.863. The summed E-state index contributed by atoms with van der Waals surface area (Å²) in [6, 6.07) is 6.14. The highest BCUT2D eigenvalue weighted by atomic mass is 16.5. The highest BCUT2D eigenvalue weighted by molar-refractivity contribution is 5.58. The van der Waals surface area contributed by atoms with Crippen molar-refractivity contribution in [2.75, 3.05) is 11.9 Å². The van der Waals surface area contributed by atoms with Crippen LogP contribution in [0, 0.1) is 6.92 Å². The third-order valence-electron chi connectivity index (χ3n) is 2.67. The number of hydrogen-bond acceptors (Lipinski definition) is 4. The fourth-order valence-corrected chi connectivity index (χ4v) is 1.73. The van der Waals surface area contributed by atoms with E-state index in [1.165, 1.54) is 5.56 Å². The second-order valence-corrected chi connectivity index (χ2v) is 4.40. The van der Waals surface area contributed by atoms with Gasteiger partial charge in [0.15, 0.2) is 0 Å². The van der Waals surface area contributed by atoms with E-state index in [9.17, 15) is 0 Å². The number of hydrogen-bond donors (Lipinski definition) is 1. The van der Waals surface area contributed by atoms with E-state index in [2.05, 4.69) is 41.3 Å². The number of nitrogens with one attached hydrogen (secondary N) is 1. The topological polar surface area (TPSA) is 47.0 Å². The monoisotopic (exact) mass is 257 g/mol. The maximum absolute atomic E-state index is 5.73. The van der Waals surface area contributed by atoms with E-state index >= 15 is 0 Å². The van der Waals surface area contributed by atoms with Crippen molar-refractivity contribution in [1.29, 1.82) is 0 Å². The van der Waals surface area contributed by atoms with Crippen molar-refractivity contribution < 1.29 is 4.74 Å². The molecule has 0 spiro atoms. The van der Waals surface area contributed by atoms with Crippen LogP contribution in [0.4, 0.5) is 5.69 Å². The largest absolute Gasteiger partial charge is 0.491 e. The van der Waals surface area contributed by atoms with Gasteiger partial charge in [-0.15, -0.1) is 0 Å². The molecule has 0 aliphatic rings. The number of aromatic nitrogens is 2. The zero-order valence-corrected chi connectivity index (χ0v) is 11.4. The van der Waals surface area contributed by atoms with Crippen LogP contribution in [0.3, 0.4) is 0 Å². The molecule has 0 amide bonds. The average molecular weight is 257 g/mol. The second kappa shape index (κ2) is 6.73. The molecule has 100 valence electrons. The number of rotatable bonds is 6. The summed E-state index contributed by atoms with van der Waals surface area (Å²) in [6.45, 7) is 5.53. The van der Waals surface area contributed by atoms with Gasteiger partial charge in [0.1, 0.15) is 5.75 Å². The Bertz CT molecular complexity index is 514. The molecule has 0 aliphatic heterocycles. The summed E-state index contributed by atoms with van der Waals surface area (Å²) in [5, 5.41) is 3.35. The zero-order chi connectivity index (χ0) is 13.5. The van der Waals surface area contributed by atoms with Gasteiger partial charge in [0.05, 0.1) is 30.7 Å². The van der Waals surface area contributed by atoms with Crippen molar-refractivity contribution in [3.63, 3.8) is 0 Å². The lowest BCUT2D eigenvalue weighted by Gasteiger charge is -2.13. The maximum atomic E-state index is 5.73. The van der Waals surface area contributed by atoms with Crippen molar-refractivity contribution in [3.8, 4) is 5.75 Å². The first-order valence-electron chi connectivity index (χ1n) is 6.52. The molecule has 4 nitrogen and oxygen atoms in total. The van der Waals surface area contributed by atoms with Gasteiger partial charge in [0.25, 0.3) is 0 Å². The van der Waals surface area contributed by atoms with Gasteiger partial charge in [-0.1, -0.05) is 13.0 Å². The van der Waals surface area contributed by atoms with Gasteiger partial charge >= 0.3 is 0 Å². The van der Waals surface area contributed by atoms with Gasteiger partial charge in [0, 0.05) is 12.4 Å². The molecule has 0 bridgehead atoms. The molecule has 1 aromatic carbocycles. The Morgan fingerprint density at radius 3 is 2.89 bits per heavy atom. The van der Waals surface area contributed by atoms with Gasteiger partial charge in [-0.2, -0.15) is 0 Å². The summed E-state index contributed by atoms with van der Waals surface area (Å²) in [6.07, 6.45) is 6.13. The number of aryl methyl sites for hydroxylation is 1. The van der Waals surface area contributed by atoms with E-state index < -0.39 is 0 Å². The molecule has 1 N–H and O–H groups in total. The van der Waals surface area contributed by atoms with Crippen molar-refractivity contribution in [2.24, 2.45) is 0 Å². The zero-order valence-electron chi connectivity index (χ0n) is 11.4. The molecule has 19 heavy (non-hydrogen) atoms. The fraction of sp³-hybridized carbons (Fsp3) is 0.333. The SMILES string of the molecule is CCCOc1ccc(C)cc1NCc1cnccn1. The summed E-state index contributed by atoms with van der Waals surface area (Å²) in [7, 11) is 0. The first-order valence-corrected chi connectivity index (χ1v) is 6.52. The van der Waals surface area contributed by atoms with E-state index in [4.69, 9.17) is 4.74 Å². The van der Waals surface area contributed by atoms with E-state index in [1.54, 1.807) is 18.6 Å². The van der Waals surface area contributed by atoms with Gasteiger partial charge in [0.2, 0.25) is 0 Å². The Balaban J connectivity index is 2.07. The molecule has 0 fully saturated rings. The minimum atomic E-state index is 0.639. The minimum absolute atomic E-state index is 0.639. The molecule has 0 radical (unpaired) electrons. The number of anilines is 1. The highest BCUT2D eigenvalue weighted by Gasteiger charge is 2.04. The average Bonchev–Trinajstić information content (AvgIpc) is 2.45. The smallest absolute Gasteiger partial charge is 0.142 e. The van der Waals surface area contributed by atoms with Crippen molar-refractivity contribution >= 4 is 5.69 Å². The predicted molar refractivity (Wildman–Crippen MR) is 76.3 cm³/mol. The van der Waals surface area contributed by atoms with Gasteiger partial charge in [-0.05, 0) is 31.0 Å². The normalized spacial score (nSPS) is 10.2. The molecular weight excluding hydrogens is 238 g/mol. The molecule has 2 rings (SSSR count). The molecule has 1 heterocycles. The summed E-state index contributed by atoms with van der Waals surface area (Å²) < 4.78 is 5.73. The second-order valence-electron chi connectivity index (χ2n) is 4.40. The lowest BCUT2D eigenvalue weighted by Crippen LogP contribution is -2.05. The third-order valence-corrected chi connectivity index (χ3v) is 2.67. The molecule has 0 atom stereocenters. The lowest BCUT2D eigenvalue weighted by atomic mass is 10.2. The Morgan fingerprint density at radius 1 is 1.26 bits per heavy atom. The first kappa shape index (κ1) is 13.3. The Kier molecular flexibility index (Phi) is 4.72. The molecular formula is C15H19N3O.